The molecule has 0 aliphatic rings. The summed E-state index contributed by atoms with van der Waals surface area (Å²) < 4.78 is 4.95. The molecule has 0 aliphatic carbocycles. The van der Waals surface area contributed by atoms with Crippen LogP contribution in [0.4, 0.5) is 0 Å². The van der Waals surface area contributed by atoms with Crippen molar-refractivity contribution in [3.8, 4) is 113 Å². The number of nitrogens with zero attached hydrogens (tertiary/aromatic N) is 6. The van der Waals surface area contributed by atoms with Gasteiger partial charge in [-0.25, -0.2) is 29.9 Å². The van der Waals surface area contributed by atoms with Crippen LogP contribution in [0.1, 0.15) is 0 Å². The Hall–Kier alpha value is -15.1. The summed E-state index contributed by atoms with van der Waals surface area (Å²) in [6, 6.07) is 143. The van der Waals surface area contributed by atoms with Crippen molar-refractivity contribution in [2.24, 2.45) is 0 Å². The van der Waals surface area contributed by atoms with Crippen molar-refractivity contribution < 1.29 is 0 Å². The SMILES string of the molecule is c1ccc(-c2ccc(-c3cc(-c4ccc5nc(-c6ccc7c8ccccc8c8ccccc8c7c6)c6c7ccccc7sc6c5c4)nc(-c4ccccc4)n3)cc2)cc1.c1ccc(-c2ccc(-c3nc(-c4ccccc4)cc(-c4ccc5nc(-c6ccc7c8ccccc8c8ccccc8c7c6)c6c7ccccc7sc6c5c4)n3)cc2)cc1. The van der Waals surface area contributed by atoms with Crippen molar-refractivity contribution >= 4 is 149 Å². The maximum atomic E-state index is 5.52. The van der Waals surface area contributed by atoms with E-state index in [1.165, 1.54) is 122 Å². The first kappa shape index (κ1) is 68.5. The lowest BCUT2D eigenvalue weighted by atomic mass is 9.92. The van der Waals surface area contributed by atoms with Crippen LogP contribution in [0, 0.1) is 0 Å². The van der Waals surface area contributed by atoms with Gasteiger partial charge in [0.1, 0.15) is 0 Å². The number of thiophene rings is 2. The molecule has 6 aromatic heterocycles. The molecule has 0 spiro atoms. The molecule has 0 fully saturated rings. The van der Waals surface area contributed by atoms with E-state index < -0.39 is 0 Å². The predicted molar refractivity (Wildman–Crippen MR) is 500 cm³/mol. The molecular formula is C110H66N6S2. The van der Waals surface area contributed by atoms with Crippen LogP contribution in [0.3, 0.4) is 0 Å². The van der Waals surface area contributed by atoms with Gasteiger partial charge in [0.2, 0.25) is 0 Å². The van der Waals surface area contributed by atoms with Gasteiger partial charge in [-0.2, -0.15) is 0 Å². The molecule has 118 heavy (non-hydrogen) atoms. The summed E-state index contributed by atoms with van der Waals surface area (Å²) >= 11 is 3.68. The van der Waals surface area contributed by atoms with E-state index in [0.717, 1.165) is 106 Å². The molecular weight excluding hydrogens is 1470 g/mol. The highest BCUT2D eigenvalue weighted by Gasteiger charge is 2.24. The van der Waals surface area contributed by atoms with E-state index in [1.807, 2.05) is 59.1 Å². The first-order chi connectivity index (χ1) is 58.5. The van der Waals surface area contributed by atoms with Gasteiger partial charge in [-0.05, 0) is 148 Å². The minimum absolute atomic E-state index is 0.693. The fourth-order valence-corrected chi connectivity index (χ4v) is 20.1. The Bertz CT molecular complexity index is 7600. The van der Waals surface area contributed by atoms with Gasteiger partial charge >= 0.3 is 0 Å². The maximum Gasteiger partial charge on any atom is 0.160 e. The summed E-state index contributed by atoms with van der Waals surface area (Å²) in [5.74, 6) is 1.39. The Balaban J connectivity index is 0.000000138. The van der Waals surface area contributed by atoms with Gasteiger partial charge in [-0.1, -0.05) is 340 Å². The second-order valence-electron chi connectivity index (χ2n) is 30.2. The zero-order valence-electron chi connectivity index (χ0n) is 63.6. The second-order valence-corrected chi connectivity index (χ2v) is 32.3. The summed E-state index contributed by atoms with van der Waals surface area (Å²) in [5.41, 5.74) is 20.5. The van der Waals surface area contributed by atoms with E-state index in [0.29, 0.717) is 11.6 Å². The molecule has 0 radical (unpaired) electrons. The summed E-state index contributed by atoms with van der Waals surface area (Å²) in [6.45, 7) is 0. The zero-order valence-corrected chi connectivity index (χ0v) is 65.2. The number of pyridine rings is 2. The van der Waals surface area contributed by atoms with Gasteiger partial charge in [0.15, 0.2) is 11.6 Å². The molecule has 0 saturated carbocycles. The second kappa shape index (κ2) is 28.5. The largest absolute Gasteiger partial charge is 0.247 e. The Kier molecular flexibility index (Phi) is 16.5. The molecule has 0 aliphatic heterocycles. The van der Waals surface area contributed by atoms with Crippen LogP contribution >= 0.6 is 22.7 Å². The Morgan fingerprint density at radius 2 is 0.398 bits per heavy atom. The minimum atomic E-state index is 0.693. The minimum Gasteiger partial charge on any atom is -0.247 e. The molecule has 8 heteroatoms. The van der Waals surface area contributed by atoms with Gasteiger partial charge < -0.3 is 0 Å². The summed E-state index contributed by atoms with van der Waals surface area (Å²) in [5, 5.41) is 22.2. The van der Waals surface area contributed by atoms with E-state index in [-0.39, 0.29) is 0 Å². The van der Waals surface area contributed by atoms with Gasteiger partial charge in [0.05, 0.1) is 45.2 Å². The Morgan fingerprint density at radius 3 is 0.780 bits per heavy atom. The quantitative estimate of drug-likeness (QED) is 0.127. The number of fused-ring (bicyclic) bond motifs is 22. The lowest BCUT2D eigenvalue weighted by Gasteiger charge is -2.13. The van der Waals surface area contributed by atoms with E-state index >= 15 is 0 Å². The summed E-state index contributed by atoms with van der Waals surface area (Å²) in [6.07, 6.45) is 0. The van der Waals surface area contributed by atoms with Gasteiger partial charge in [0, 0.05) is 95.6 Å². The topological polar surface area (TPSA) is 77.3 Å². The van der Waals surface area contributed by atoms with Crippen molar-refractivity contribution in [1.82, 2.24) is 29.9 Å². The number of aromatic nitrogens is 6. The molecule has 0 N–H and O–H groups in total. The van der Waals surface area contributed by atoms with Crippen molar-refractivity contribution in [3.63, 3.8) is 0 Å². The van der Waals surface area contributed by atoms with Crippen molar-refractivity contribution in [2.75, 3.05) is 0 Å². The third-order valence-electron chi connectivity index (χ3n) is 23.3. The monoisotopic (exact) mass is 1530 g/mol. The van der Waals surface area contributed by atoms with Crippen LogP contribution in [0.2, 0.25) is 0 Å². The lowest BCUT2D eigenvalue weighted by Crippen LogP contribution is -1.96. The van der Waals surface area contributed by atoms with E-state index in [9.17, 15) is 0 Å². The third kappa shape index (κ3) is 11.9. The molecule has 0 amide bonds. The number of benzene rings is 18. The zero-order chi connectivity index (χ0) is 77.7. The van der Waals surface area contributed by atoms with E-state index in [2.05, 4.69) is 364 Å². The van der Waals surface area contributed by atoms with E-state index in [1.54, 1.807) is 0 Å². The molecule has 0 unspecified atom stereocenters. The van der Waals surface area contributed by atoms with Gasteiger partial charge in [0.25, 0.3) is 0 Å². The van der Waals surface area contributed by atoms with Crippen LogP contribution in [0.25, 0.3) is 239 Å². The fraction of sp³-hybridized carbons (Fsp3) is 0. The molecule has 0 atom stereocenters. The highest BCUT2D eigenvalue weighted by molar-refractivity contribution is 7.27. The Morgan fingerprint density at radius 1 is 0.153 bits per heavy atom. The number of hydrogen-bond donors (Lipinski definition) is 0. The molecule has 6 nitrogen and oxygen atoms in total. The van der Waals surface area contributed by atoms with Gasteiger partial charge in [-0.15, -0.1) is 22.7 Å². The molecule has 6 heterocycles. The molecule has 548 valence electrons. The smallest absolute Gasteiger partial charge is 0.160 e. The van der Waals surface area contributed by atoms with Crippen LogP contribution in [0.5, 0.6) is 0 Å². The van der Waals surface area contributed by atoms with E-state index in [4.69, 9.17) is 29.9 Å². The number of hydrogen-bond acceptors (Lipinski definition) is 8. The standard InChI is InChI=1S/2C55H33N3S/c1-3-13-34(14-4-1)35-23-25-36(26-24-35)49-33-50(58-55(57-49)37-15-5-2-6-16-37)38-28-30-48-47(31-38)54-52(45-21-11-12-22-51(45)59-54)53(56-48)39-27-29-44-42-19-8-7-17-40(42)41-18-9-10-20-43(41)46(44)32-39;1-3-13-34(14-4-1)35-23-25-37(26-24-35)55-57-49(36-15-5-2-6-16-36)33-50(58-55)38-28-30-48-47(31-38)54-52(45-21-11-12-22-51(45)59-54)53(56-48)39-27-29-44-42-19-8-7-17-40(42)41-18-9-10-20-43(41)46(44)32-39/h2*1-33H. The molecule has 0 saturated heterocycles. The van der Waals surface area contributed by atoms with Crippen LogP contribution in [0.15, 0.2) is 400 Å². The molecule has 24 rings (SSSR count). The van der Waals surface area contributed by atoms with Crippen LogP contribution < -0.4 is 0 Å². The maximum absolute atomic E-state index is 5.52. The van der Waals surface area contributed by atoms with Crippen molar-refractivity contribution in [3.05, 3.63) is 400 Å². The molecule has 18 aromatic carbocycles. The predicted octanol–water partition coefficient (Wildman–Crippen LogP) is 30.4. The lowest BCUT2D eigenvalue weighted by molar-refractivity contribution is 1.18. The number of rotatable bonds is 10. The van der Waals surface area contributed by atoms with Gasteiger partial charge in [-0.3, -0.25) is 0 Å². The van der Waals surface area contributed by atoms with Crippen LogP contribution in [-0.2, 0) is 0 Å². The first-order valence-electron chi connectivity index (χ1n) is 39.9. The average molecular weight is 1540 g/mol. The van der Waals surface area contributed by atoms with Crippen molar-refractivity contribution in [1.29, 1.82) is 0 Å². The van der Waals surface area contributed by atoms with Crippen LogP contribution in [-0.4, -0.2) is 29.9 Å². The Labute approximate surface area is 687 Å². The van der Waals surface area contributed by atoms with Crippen molar-refractivity contribution in [2.45, 2.75) is 0 Å². The molecule has 24 aromatic rings. The first-order valence-corrected chi connectivity index (χ1v) is 41.5. The summed E-state index contributed by atoms with van der Waals surface area (Å²) in [7, 11) is 0. The average Bonchev–Trinajstić information content (AvgIpc) is 1.42. The third-order valence-corrected chi connectivity index (χ3v) is 25.7. The highest BCUT2D eigenvalue weighted by Crippen LogP contribution is 2.49. The normalized spacial score (nSPS) is 11.7. The highest BCUT2D eigenvalue weighted by atomic mass is 32.1. The fourth-order valence-electron chi connectivity index (χ4n) is 17.6. The summed E-state index contributed by atoms with van der Waals surface area (Å²) in [4.78, 5) is 31.7. The molecule has 0 bridgehead atoms.